The van der Waals surface area contributed by atoms with E-state index in [-0.39, 0.29) is 88.1 Å². The number of likely N-dealkylation sites (N-methyl/N-ethyl adjacent to an activating group) is 2. The number of fused-ring (bicyclic) bond motifs is 2. The Morgan fingerprint density at radius 1 is 0.793 bits per heavy atom. The molecule has 2 N–H and O–H groups in total. The number of hydrogen-bond acceptors (Lipinski definition) is 2. The van der Waals surface area contributed by atoms with Gasteiger partial charge in [0.05, 0.1) is 0 Å². The van der Waals surface area contributed by atoms with Gasteiger partial charge in [0.2, 0.25) is 0 Å². The first-order chi connectivity index (χ1) is 13.0. The van der Waals surface area contributed by atoms with Crippen molar-refractivity contribution in [2.24, 2.45) is 0 Å². The van der Waals surface area contributed by atoms with Gasteiger partial charge in [-0.3, -0.25) is 9.80 Å². The van der Waals surface area contributed by atoms with Crippen molar-refractivity contribution in [3.8, 4) is 0 Å². The zero-order chi connectivity index (χ0) is 19.4. The molecule has 2 aliphatic heterocycles. The molecule has 29 heavy (non-hydrogen) atoms. The molecule has 0 unspecified atom stereocenters. The molecule has 0 aromatic heterocycles. The normalized spacial score (nSPS) is 15.7. The Morgan fingerprint density at radius 3 is 2.03 bits per heavy atom. The first-order valence-corrected chi connectivity index (χ1v) is 10.6. The van der Waals surface area contributed by atoms with Crippen LogP contribution >= 0.6 is 15.9 Å². The van der Waals surface area contributed by atoms with E-state index in [9.17, 15) is 0 Å². The third kappa shape index (κ3) is 7.42. The molecule has 0 fully saturated rings. The summed E-state index contributed by atoms with van der Waals surface area (Å²) in [5.74, 6) is 0. The second kappa shape index (κ2) is 13.8. The second-order valence-electron chi connectivity index (χ2n) is 7.23. The van der Waals surface area contributed by atoms with Crippen LogP contribution in [-0.4, -0.2) is 36.0 Å². The van der Waals surface area contributed by atoms with Gasteiger partial charge in [-0.25, -0.2) is 0 Å². The molecule has 4 nitrogen and oxygen atoms in total. The Hall–Kier alpha value is 1.32. The molecule has 0 saturated heterocycles. The molecule has 0 aliphatic carbocycles. The summed E-state index contributed by atoms with van der Waals surface area (Å²) in [6, 6.07) is 9.89. The van der Waals surface area contributed by atoms with E-state index in [0.717, 1.165) is 56.6 Å². The maximum absolute atomic E-state index is 7.83. The first-order valence-electron chi connectivity index (χ1n) is 9.82. The Kier molecular flexibility index (Phi) is 13.5. The fourth-order valence-corrected chi connectivity index (χ4v) is 4.40. The Balaban J connectivity index is 0.000000272. The molecule has 0 bridgehead atoms. The molecule has 2 radical (unpaired) electrons. The zero-order valence-corrected chi connectivity index (χ0v) is 28.5. The summed E-state index contributed by atoms with van der Waals surface area (Å²) in [4.78, 5) is 4.83. The number of rotatable bonds is 2. The predicted octanol–water partition coefficient (Wildman–Crippen LogP) is 6.26. The smallest absolute Gasteiger partial charge is 0.0247 e. The van der Waals surface area contributed by atoms with E-state index in [1.54, 1.807) is 0 Å². The van der Waals surface area contributed by atoms with Crippen LogP contribution < -0.4 is 0 Å². The zero-order valence-electron chi connectivity index (χ0n) is 17.5. The van der Waals surface area contributed by atoms with E-state index in [1.165, 1.54) is 22.3 Å². The van der Waals surface area contributed by atoms with Crippen LogP contribution in [0.4, 0.5) is 11.4 Å². The van der Waals surface area contributed by atoms with Crippen molar-refractivity contribution in [1.82, 2.24) is 9.80 Å². The van der Waals surface area contributed by atoms with E-state index >= 15 is 0 Å². The monoisotopic (exact) mass is 882 g/mol. The van der Waals surface area contributed by atoms with Crippen LogP contribution in [0.1, 0.15) is 36.1 Å². The average Bonchev–Trinajstić information content (AvgIpc) is 2.71. The number of benzene rings is 2. The SMILES string of the molecule is CCN1CCc2c([NH-])ccc(Br)c2C1.CCN1CCc2c([NH-])cccc2C1.[Ac].[Ac]. The standard InChI is InChI=1S/C11H14BrN2.C11H15N2.2Ac/c1-2-14-6-5-8-9(7-14)10(12)3-4-11(8)13;1-2-13-7-6-10-9(8-13)4-3-5-11(10)12;;/h3-4,13H,2,5-7H2,1H3;3-5,12H,2,6-8H2,1H3;;/q2*-1;;. The summed E-state index contributed by atoms with van der Waals surface area (Å²) in [6.45, 7) is 10.8. The summed E-state index contributed by atoms with van der Waals surface area (Å²) in [7, 11) is 0. The van der Waals surface area contributed by atoms with E-state index in [1.807, 2.05) is 24.3 Å². The van der Waals surface area contributed by atoms with Gasteiger partial charge in [0.1, 0.15) is 0 Å². The van der Waals surface area contributed by atoms with Gasteiger partial charge in [-0.1, -0.05) is 65.2 Å². The second-order valence-corrected chi connectivity index (χ2v) is 8.09. The molecule has 0 amide bonds. The van der Waals surface area contributed by atoms with Crippen LogP contribution in [0, 0.1) is 88.1 Å². The van der Waals surface area contributed by atoms with Crippen molar-refractivity contribution >= 4 is 27.3 Å². The van der Waals surface area contributed by atoms with Crippen molar-refractivity contribution in [3.05, 3.63) is 68.5 Å². The number of nitrogens with one attached hydrogen (secondary N) is 2. The van der Waals surface area contributed by atoms with Crippen molar-refractivity contribution in [2.75, 3.05) is 26.2 Å². The van der Waals surface area contributed by atoms with Gasteiger partial charge < -0.3 is 11.5 Å². The topological polar surface area (TPSA) is 54.1 Å². The molecule has 2 aromatic carbocycles. The molecule has 152 valence electrons. The minimum Gasteiger partial charge on any atom is -0.698 e. The third-order valence-electron chi connectivity index (χ3n) is 5.67. The fraction of sp³-hybridized carbons (Fsp3) is 0.455. The van der Waals surface area contributed by atoms with Gasteiger partial charge >= 0.3 is 0 Å². The van der Waals surface area contributed by atoms with Gasteiger partial charge in [-0.05, 0) is 43.1 Å². The molecule has 2 heterocycles. The molecule has 0 spiro atoms. The average molecular weight is 883 g/mol. The molecular weight excluding hydrogens is 854 g/mol. The Bertz CT molecular complexity index is 801. The molecule has 4 rings (SSSR count). The quantitative estimate of drug-likeness (QED) is 0.358. The van der Waals surface area contributed by atoms with Crippen LogP contribution in [0.15, 0.2) is 34.8 Å². The van der Waals surface area contributed by atoms with Gasteiger partial charge in [0.15, 0.2) is 0 Å². The summed E-state index contributed by atoms with van der Waals surface area (Å²) in [6.07, 6.45) is 2.06. The Labute approximate surface area is 255 Å². The largest absolute Gasteiger partial charge is 0.698 e. The summed E-state index contributed by atoms with van der Waals surface area (Å²) in [5.41, 5.74) is 22.1. The number of halogens is 1. The van der Waals surface area contributed by atoms with Crippen molar-refractivity contribution in [3.63, 3.8) is 0 Å². The van der Waals surface area contributed by atoms with Crippen molar-refractivity contribution < 1.29 is 88.1 Å². The molecule has 2 aromatic rings. The first kappa shape index (κ1) is 28.4. The summed E-state index contributed by atoms with van der Waals surface area (Å²) < 4.78 is 1.15. The van der Waals surface area contributed by atoms with Gasteiger partial charge in [-0.2, -0.15) is 0 Å². The molecular formula is C22H29Ac2BrN4-2. The molecule has 0 saturated carbocycles. The maximum Gasteiger partial charge on any atom is 0.0247 e. The van der Waals surface area contributed by atoms with Crippen LogP contribution in [-0.2, 0) is 25.9 Å². The molecule has 0 atom stereocenters. The summed E-state index contributed by atoms with van der Waals surface area (Å²) >= 11 is 3.56. The van der Waals surface area contributed by atoms with Crippen LogP contribution in [0.2, 0.25) is 0 Å². The van der Waals surface area contributed by atoms with Gasteiger partial charge in [-0.15, -0.1) is 11.4 Å². The van der Waals surface area contributed by atoms with E-state index < -0.39 is 0 Å². The Morgan fingerprint density at radius 2 is 1.38 bits per heavy atom. The summed E-state index contributed by atoms with van der Waals surface area (Å²) in [5, 5.41) is 0. The number of nitrogens with zero attached hydrogens (tertiary/aromatic N) is 2. The van der Waals surface area contributed by atoms with Crippen LogP contribution in [0.3, 0.4) is 0 Å². The van der Waals surface area contributed by atoms with Crippen molar-refractivity contribution in [1.29, 1.82) is 0 Å². The van der Waals surface area contributed by atoms with Crippen LogP contribution in [0.25, 0.3) is 11.5 Å². The van der Waals surface area contributed by atoms with E-state index in [4.69, 9.17) is 11.5 Å². The minimum absolute atomic E-state index is 0. The third-order valence-corrected chi connectivity index (χ3v) is 6.42. The van der Waals surface area contributed by atoms with E-state index in [0.29, 0.717) is 11.4 Å². The van der Waals surface area contributed by atoms with Crippen molar-refractivity contribution in [2.45, 2.75) is 39.8 Å². The number of hydrogen-bond donors (Lipinski definition) is 0. The fourth-order valence-electron chi connectivity index (χ4n) is 3.90. The predicted molar refractivity (Wildman–Crippen MR) is 118 cm³/mol. The maximum atomic E-state index is 7.83. The van der Waals surface area contributed by atoms with E-state index in [2.05, 4.69) is 45.6 Å². The minimum atomic E-state index is 0. The van der Waals surface area contributed by atoms with Gasteiger partial charge in [0, 0.05) is 119 Å². The van der Waals surface area contributed by atoms with Gasteiger partial charge in [0.25, 0.3) is 0 Å². The molecule has 7 heteroatoms. The van der Waals surface area contributed by atoms with Crippen LogP contribution in [0.5, 0.6) is 0 Å². The molecule has 2 aliphatic rings.